The zero-order valence-corrected chi connectivity index (χ0v) is 16.9. The van der Waals surface area contributed by atoms with Gasteiger partial charge in [-0.05, 0) is 24.1 Å². The van der Waals surface area contributed by atoms with E-state index in [-0.39, 0.29) is 34.0 Å². The highest BCUT2D eigenvalue weighted by Crippen LogP contribution is 2.42. The third-order valence-corrected chi connectivity index (χ3v) is 4.53. The van der Waals surface area contributed by atoms with E-state index < -0.39 is 35.3 Å². The number of hydrogen-bond donors (Lipinski definition) is 4. The smallest absolute Gasteiger partial charge is 0.326 e. The predicted octanol–water partition coefficient (Wildman–Crippen LogP) is 3.89. The average molecular weight is 446 g/mol. The summed E-state index contributed by atoms with van der Waals surface area (Å²) in [5, 5.41) is 20.6. The molecule has 29 heavy (non-hydrogen) atoms. The summed E-state index contributed by atoms with van der Waals surface area (Å²) >= 11 is 12.1. The number of ether oxygens (including phenoxy) is 1. The molecular formula is C18H18Cl2FN3O5. The van der Waals surface area contributed by atoms with Gasteiger partial charge in [0.25, 0.3) is 0 Å². The zero-order chi connectivity index (χ0) is 21.9. The molecule has 1 atom stereocenters. The molecular weight excluding hydrogens is 428 g/mol. The van der Waals surface area contributed by atoms with Gasteiger partial charge in [-0.1, -0.05) is 37.0 Å². The number of pyridine rings is 1. The second-order valence-electron chi connectivity index (χ2n) is 6.39. The fraction of sp³-hybridized carbons (Fsp3) is 0.278. The quantitative estimate of drug-likeness (QED) is 0.452. The van der Waals surface area contributed by atoms with Crippen LogP contribution in [0.2, 0.25) is 10.0 Å². The van der Waals surface area contributed by atoms with Gasteiger partial charge in [-0.25, -0.2) is 4.79 Å². The number of rotatable bonds is 8. The molecule has 1 amide bonds. The first-order valence-corrected chi connectivity index (χ1v) is 9.09. The molecule has 1 heterocycles. The maximum atomic E-state index is 14.2. The molecule has 0 radical (unpaired) electrons. The third kappa shape index (κ3) is 5.39. The number of benzene rings is 1. The van der Waals surface area contributed by atoms with E-state index in [1.54, 1.807) is 0 Å². The highest BCUT2D eigenvalue weighted by Gasteiger charge is 2.26. The molecule has 0 aliphatic heterocycles. The molecule has 1 aromatic carbocycles. The van der Waals surface area contributed by atoms with E-state index in [2.05, 4.69) is 10.3 Å². The van der Waals surface area contributed by atoms with Gasteiger partial charge in [0.15, 0.2) is 11.6 Å². The monoisotopic (exact) mass is 445 g/mol. The normalized spacial score (nSPS) is 11.9. The van der Waals surface area contributed by atoms with Crippen LogP contribution in [-0.4, -0.2) is 33.1 Å². The molecule has 0 aliphatic rings. The summed E-state index contributed by atoms with van der Waals surface area (Å²) in [6.07, 6.45) is -0.580. The predicted molar refractivity (Wildman–Crippen MR) is 105 cm³/mol. The molecule has 0 saturated heterocycles. The van der Waals surface area contributed by atoms with Gasteiger partial charge in [0.1, 0.15) is 27.6 Å². The number of carbonyl (C=O) groups is 2. The Balaban J connectivity index is 2.44. The minimum atomic E-state index is -1.49. The third-order valence-electron chi connectivity index (χ3n) is 3.85. The number of carbonyl (C=O) groups excluding carboxylic acids is 1. The molecule has 0 saturated carbocycles. The van der Waals surface area contributed by atoms with Crippen molar-refractivity contribution in [1.82, 2.24) is 4.98 Å². The molecule has 156 valence electrons. The van der Waals surface area contributed by atoms with Gasteiger partial charge in [0.2, 0.25) is 11.9 Å². The Morgan fingerprint density at radius 3 is 2.52 bits per heavy atom. The largest absolute Gasteiger partial charge is 0.508 e. The first-order chi connectivity index (χ1) is 13.5. The SMILES string of the molecule is CC(C)c1cc(Oc2c(Cl)c(F)nc(N[C@H](CC(N)=O)C(=O)O)c2Cl)ccc1O. The van der Waals surface area contributed by atoms with E-state index in [4.69, 9.17) is 33.7 Å². The standard InChI is InChI=1S/C18H18Cl2FN3O5/c1-7(2)9-5-8(3-4-11(9)25)29-15-13(19)16(21)24-17(14(15)20)23-10(18(27)28)6-12(22)26/h3-5,7,10,25H,6H2,1-2H3,(H2,22,26)(H,23,24)(H,27,28)/t10-/m1/s1. The summed E-state index contributed by atoms with van der Waals surface area (Å²) in [4.78, 5) is 25.8. The van der Waals surface area contributed by atoms with E-state index in [1.165, 1.54) is 18.2 Å². The number of nitrogens with one attached hydrogen (secondary N) is 1. The maximum absolute atomic E-state index is 14.2. The summed E-state index contributed by atoms with van der Waals surface area (Å²) in [6.45, 7) is 3.72. The molecule has 2 rings (SSSR count). The van der Waals surface area contributed by atoms with Gasteiger partial charge in [-0.2, -0.15) is 9.37 Å². The van der Waals surface area contributed by atoms with Crippen LogP contribution in [0.3, 0.4) is 0 Å². The molecule has 0 aliphatic carbocycles. The molecule has 8 nitrogen and oxygen atoms in total. The second-order valence-corrected chi connectivity index (χ2v) is 7.15. The van der Waals surface area contributed by atoms with Crippen molar-refractivity contribution in [3.05, 3.63) is 39.8 Å². The minimum absolute atomic E-state index is 0.0268. The topological polar surface area (TPSA) is 135 Å². The Kier molecular flexibility index (Phi) is 7.10. The number of amides is 1. The number of anilines is 1. The van der Waals surface area contributed by atoms with Crippen LogP contribution >= 0.6 is 23.2 Å². The van der Waals surface area contributed by atoms with Gasteiger partial charge in [0.05, 0.1) is 6.42 Å². The van der Waals surface area contributed by atoms with Crippen molar-refractivity contribution in [2.45, 2.75) is 32.2 Å². The van der Waals surface area contributed by atoms with Crippen molar-refractivity contribution in [3.8, 4) is 17.2 Å². The van der Waals surface area contributed by atoms with Gasteiger partial charge >= 0.3 is 5.97 Å². The van der Waals surface area contributed by atoms with E-state index >= 15 is 0 Å². The van der Waals surface area contributed by atoms with Crippen LogP contribution < -0.4 is 15.8 Å². The number of primary amides is 1. The second kappa shape index (κ2) is 9.15. The molecule has 1 aromatic heterocycles. The molecule has 0 unspecified atom stereocenters. The highest BCUT2D eigenvalue weighted by molar-refractivity contribution is 6.38. The highest BCUT2D eigenvalue weighted by atomic mass is 35.5. The fourth-order valence-corrected chi connectivity index (χ4v) is 2.88. The molecule has 0 bridgehead atoms. The molecule has 5 N–H and O–H groups in total. The van der Waals surface area contributed by atoms with Crippen molar-refractivity contribution >= 4 is 40.9 Å². The zero-order valence-electron chi connectivity index (χ0n) is 15.4. The van der Waals surface area contributed by atoms with Crippen LogP contribution in [0.5, 0.6) is 17.2 Å². The fourth-order valence-electron chi connectivity index (χ4n) is 2.42. The lowest BCUT2D eigenvalue weighted by Gasteiger charge is -2.18. The van der Waals surface area contributed by atoms with Crippen molar-refractivity contribution < 1.29 is 28.9 Å². The van der Waals surface area contributed by atoms with Crippen LogP contribution in [0, 0.1) is 5.95 Å². The average Bonchev–Trinajstić information content (AvgIpc) is 2.63. The number of hydrogen-bond acceptors (Lipinski definition) is 6. The first kappa shape index (κ1) is 22.5. The van der Waals surface area contributed by atoms with E-state index in [9.17, 15) is 24.2 Å². The molecule has 0 spiro atoms. The number of carboxylic acids is 1. The Hall–Kier alpha value is -2.78. The van der Waals surface area contributed by atoms with Crippen molar-refractivity contribution in [2.75, 3.05) is 5.32 Å². The minimum Gasteiger partial charge on any atom is -0.508 e. The van der Waals surface area contributed by atoms with Crippen LogP contribution in [0.25, 0.3) is 0 Å². The van der Waals surface area contributed by atoms with E-state index in [0.29, 0.717) is 5.56 Å². The first-order valence-electron chi connectivity index (χ1n) is 8.34. The summed E-state index contributed by atoms with van der Waals surface area (Å²) < 4.78 is 19.8. The number of aliphatic carboxylic acids is 1. The lowest BCUT2D eigenvalue weighted by Crippen LogP contribution is -2.34. The van der Waals surface area contributed by atoms with Crippen molar-refractivity contribution in [1.29, 1.82) is 0 Å². The Morgan fingerprint density at radius 1 is 1.31 bits per heavy atom. The summed E-state index contributed by atoms with van der Waals surface area (Å²) in [7, 11) is 0. The number of aromatic hydroxyl groups is 1. The van der Waals surface area contributed by atoms with E-state index in [0.717, 1.165) is 0 Å². The molecule has 2 aromatic rings. The van der Waals surface area contributed by atoms with Gasteiger partial charge in [-0.15, -0.1) is 0 Å². The lowest BCUT2D eigenvalue weighted by atomic mass is 10.0. The summed E-state index contributed by atoms with van der Waals surface area (Å²) in [6, 6.07) is 2.86. The molecule has 11 heteroatoms. The van der Waals surface area contributed by atoms with Crippen LogP contribution in [0.15, 0.2) is 18.2 Å². The van der Waals surface area contributed by atoms with Gasteiger partial charge < -0.3 is 26.0 Å². The van der Waals surface area contributed by atoms with Crippen LogP contribution in [-0.2, 0) is 9.59 Å². The maximum Gasteiger partial charge on any atom is 0.326 e. The Labute approximate surface area is 175 Å². The number of nitrogens with two attached hydrogens (primary N) is 1. The summed E-state index contributed by atoms with van der Waals surface area (Å²) in [5.74, 6) is -3.94. The number of phenolic OH excluding ortho intramolecular Hbond substituents is 1. The number of phenols is 1. The van der Waals surface area contributed by atoms with Crippen LogP contribution in [0.4, 0.5) is 10.2 Å². The van der Waals surface area contributed by atoms with E-state index in [1.807, 2.05) is 13.8 Å². The van der Waals surface area contributed by atoms with Crippen molar-refractivity contribution in [2.24, 2.45) is 5.73 Å². The van der Waals surface area contributed by atoms with Crippen molar-refractivity contribution in [3.63, 3.8) is 0 Å². The Morgan fingerprint density at radius 2 is 1.97 bits per heavy atom. The number of nitrogens with zero attached hydrogens (tertiary/aromatic N) is 1. The van der Waals surface area contributed by atoms with Gasteiger partial charge in [0, 0.05) is 5.56 Å². The lowest BCUT2D eigenvalue weighted by molar-refractivity contribution is -0.139. The Bertz CT molecular complexity index is 956. The number of aromatic nitrogens is 1. The van der Waals surface area contributed by atoms with Gasteiger partial charge in [-0.3, -0.25) is 4.79 Å². The molecule has 0 fully saturated rings. The van der Waals surface area contributed by atoms with Crippen LogP contribution in [0.1, 0.15) is 31.7 Å². The summed E-state index contributed by atoms with van der Waals surface area (Å²) in [5.41, 5.74) is 5.60. The number of halogens is 3. The number of carboxylic acid groups (broad SMARTS) is 1.